The van der Waals surface area contributed by atoms with Crippen LogP contribution in [-0.4, -0.2) is 28.1 Å². The Labute approximate surface area is 136 Å². The molecule has 23 heavy (non-hydrogen) atoms. The van der Waals surface area contributed by atoms with Crippen LogP contribution in [0.3, 0.4) is 0 Å². The van der Waals surface area contributed by atoms with Crippen LogP contribution in [0.5, 0.6) is 5.75 Å². The first-order valence-corrected chi connectivity index (χ1v) is 8.36. The summed E-state index contributed by atoms with van der Waals surface area (Å²) in [6.07, 6.45) is 4.62. The molecular weight excluding hydrogens is 284 g/mol. The van der Waals surface area contributed by atoms with Gasteiger partial charge >= 0.3 is 0 Å². The van der Waals surface area contributed by atoms with Gasteiger partial charge in [0.1, 0.15) is 5.75 Å². The normalized spacial score (nSPS) is 19.2. The number of benzene rings is 2. The summed E-state index contributed by atoms with van der Waals surface area (Å²) in [5.41, 5.74) is 3.68. The van der Waals surface area contributed by atoms with Crippen molar-refractivity contribution in [1.29, 1.82) is 0 Å². The highest BCUT2D eigenvalue weighted by Gasteiger charge is 2.23. The molecule has 0 bridgehead atoms. The smallest absolute Gasteiger partial charge is 0.120 e. The summed E-state index contributed by atoms with van der Waals surface area (Å²) in [6.45, 7) is 2.98. The third kappa shape index (κ3) is 2.84. The van der Waals surface area contributed by atoms with Crippen LogP contribution >= 0.6 is 0 Å². The van der Waals surface area contributed by atoms with E-state index in [9.17, 15) is 5.11 Å². The van der Waals surface area contributed by atoms with Gasteiger partial charge in [-0.1, -0.05) is 36.4 Å². The van der Waals surface area contributed by atoms with E-state index in [1.165, 1.54) is 29.3 Å². The maximum atomic E-state index is 10.0. The number of hydrogen-bond acceptors (Lipinski definition) is 2. The van der Waals surface area contributed by atoms with Crippen LogP contribution in [0, 0.1) is 0 Å². The van der Waals surface area contributed by atoms with E-state index in [1.54, 1.807) is 6.07 Å². The van der Waals surface area contributed by atoms with Gasteiger partial charge in [0.05, 0.1) is 0 Å². The first-order chi connectivity index (χ1) is 11.3. The highest BCUT2D eigenvalue weighted by atomic mass is 16.3. The molecule has 1 aromatic heterocycles. The van der Waals surface area contributed by atoms with E-state index < -0.39 is 0 Å². The number of phenolic OH excluding ortho intramolecular Hbond substituents is 1. The number of aromatic amines is 1. The SMILES string of the molecule is Oc1ccccc1CN1CCCC(c2c[nH]c3ccccc23)C1. The molecule has 4 rings (SSSR count). The van der Waals surface area contributed by atoms with Crippen molar-refractivity contribution in [2.75, 3.05) is 13.1 Å². The molecule has 2 aromatic carbocycles. The van der Waals surface area contributed by atoms with Crippen molar-refractivity contribution in [3.63, 3.8) is 0 Å². The molecule has 3 aromatic rings. The lowest BCUT2D eigenvalue weighted by Gasteiger charge is -2.32. The lowest BCUT2D eigenvalue weighted by molar-refractivity contribution is 0.199. The number of aromatic hydroxyl groups is 1. The number of H-pyrrole nitrogens is 1. The Hall–Kier alpha value is -2.26. The number of fused-ring (bicyclic) bond motifs is 1. The fourth-order valence-electron chi connectivity index (χ4n) is 3.77. The second-order valence-electron chi connectivity index (χ2n) is 6.49. The zero-order valence-corrected chi connectivity index (χ0v) is 13.2. The molecule has 1 unspecified atom stereocenters. The summed E-state index contributed by atoms with van der Waals surface area (Å²) >= 11 is 0. The Bertz CT molecular complexity index is 808. The Balaban J connectivity index is 1.54. The van der Waals surface area contributed by atoms with Crippen LogP contribution in [0.2, 0.25) is 0 Å². The summed E-state index contributed by atoms with van der Waals surface area (Å²) in [6, 6.07) is 16.2. The summed E-state index contributed by atoms with van der Waals surface area (Å²) in [7, 11) is 0. The quantitative estimate of drug-likeness (QED) is 0.759. The fraction of sp³-hybridized carbons (Fsp3) is 0.300. The third-order valence-corrected chi connectivity index (χ3v) is 4.95. The number of likely N-dealkylation sites (tertiary alicyclic amines) is 1. The van der Waals surface area contributed by atoms with E-state index in [0.29, 0.717) is 11.7 Å². The first kappa shape index (κ1) is 14.3. The van der Waals surface area contributed by atoms with Crippen molar-refractivity contribution in [3.05, 3.63) is 65.9 Å². The zero-order chi connectivity index (χ0) is 15.6. The maximum Gasteiger partial charge on any atom is 0.120 e. The van der Waals surface area contributed by atoms with Gasteiger partial charge < -0.3 is 10.1 Å². The lowest BCUT2D eigenvalue weighted by Crippen LogP contribution is -2.33. The van der Waals surface area contributed by atoms with Crippen molar-refractivity contribution in [2.45, 2.75) is 25.3 Å². The molecule has 0 amide bonds. The van der Waals surface area contributed by atoms with E-state index in [0.717, 1.165) is 25.2 Å². The summed E-state index contributed by atoms with van der Waals surface area (Å²) < 4.78 is 0. The Morgan fingerprint density at radius 2 is 1.91 bits per heavy atom. The van der Waals surface area contributed by atoms with Gasteiger partial charge in [0.25, 0.3) is 0 Å². The number of para-hydroxylation sites is 2. The van der Waals surface area contributed by atoms with Gasteiger partial charge in [-0.25, -0.2) is 0 Å². The minimum absolute atomic E-state index is 0.404. The molecule has 1 aliphatic rings. The third-order valence-electron chi connectivity index (χ3n) is 4.95. The van der Waals surface area contributed by atoms with Crippen LogP contribution in [0.4, 0.5) is 0 Å². The molecule has 1 atom stereocenters. The molecule has 2 heterocycles. The Kier molecular flexibility index (Phi) is 3.80. The van der Waals surface area contributed by atoms with Gasteiger partial charge in [-0.15, -0.1) is 0 Å². The van der Waals surface area contributed by atoms with Gasteiger partial charge in [-0.05, 0) is 43.0 Å². The summed E-state index contributed by atoms with van der Waals surface area (Å²) in [5.74, 6) is 0.965. The molecule has 1 fully saturated rings. The molecule has 0 aliphatic carbocycles. The minimum atomic E-state index is 0.404. The topological polar surface area (TPSA) is 39.3 Å². The monoisotopic (exact) mass is 306 g/mol. The number of phenols is 1. The maximum absolute atomic E-state index is 10.0. The van der Waals surface area contributed by atoms with Gasteiger partial charge in [-0.2, -0.15) is 0 Å². The summed E-state index contributed by atoms with van der Waals surface area (Å²) in [5, 5.41) is 11.3. The molecule has 1 saturated heterocycles. The van der Waals surface area contributed by atoms with Crippen LogP contribution in [-0.2, 0) is 6.54 Å². The molecule has 3 heteroatoms. The molecule has 0 spiro atoms. The van der Waals surface area contributed by atoms with Crippen molar-refractivity contribution >= 4 is 10.9 Å². The fourth-order valence-corrected chi connectivity index (χ4v) is 3.77. The number of nitrogens with zero attached hydrogens (tertiary/aromatic N) is 1. The van der Waals surface area contributed by atoms with E-state index >= 15 is 0 Å². The molecule has 0 radical (unpaired) electrons. The predicted octanol–water partition coefficient (Wildman–Crippen LogP) is 4.25. The lowest BCUT2D eigenvalue weighted by atomic mass is 9.90. The molecular formula is C20H22N2O. The van der Waals surface area contributed by atoms with Crippen molar-refractivity contribution in [1.82, 2.24) is 9.88 Å². The van der Waals surface area contributed by atoms with Gasteiger partial charge in [0.2, 0.25) is 0 Å². The minimum Gasteiger partial charge on any atom is -0.508 e. The molecule has 2 N–H and O–H groups in total. The molecule has 0 saturated carbocycles. The Morgan fingerprint density at radius 1 is 1.09 bits per heavy atom. The largest absolute Gasteiger partial charge is 0.508 e. The van der Waals surface area contributed by atoms with E-state index in [1.807, 2.05) is 18.2 Å². The molecule has 3 nitrogen and oxygen atoms in total. The zero-order valence-electron chi connectivity index (χ0n) is 13.2. The number of rotatable bonds is 3. The number of piperidine rings is 1. The number of nitrogens with one attached hydrogen (secondary N) is 1. The van der Waals surface area contributed by atoms with Gasteiger partial charge in [-0.3, -0.25) is 4.90 Å². The van der Waals surface area contributed by atoms with Gasteiger partial charge in [0.15, 0.2) is 0 Å². The summed E-state index contributed by atoms with van der Waals surface area (Å²) in [4.78, 5) is 5.86. The second-order valence-corrected chi connectivity index (χ2v) is 6.49. The first-order valence-electron chi connectivity index (χ1n) is 8.36. The predicted molar refractivity (Wildman–Crippen MR) is 93.7 cm³/mol. The van der Waals surface area contributed by atoms with E-state index in [2.05, 4.69) is 40.3 Å². The number of aromatic nitrogens is 1. The molecule has 118 valence electrons. The van der Waals surface area contributed by atoms with Crippen molar-refractivity contribution in [3.8, 4) is 5.75 Å². The highest BCUT2D eigenvalue weighted by molar-refractivity contribution is 5.83. The van der Waals surface area contributed by atoms with E-state index in [-0.39, 0.29) is 0 Å². The van der Waals surface area contributed by atoms with Gasteiger partial charge in [0, 0.05) is 35.8 Å². The highest BCUT2D eigenvalue weighted by Crippen LogP contribution is 2.33. The average molecular weight is 306 g/mol. The van der Waals surface area contributed by atoms with Crippen molar-refractivity contribution < 1.29 is 5.11 Å². The van der Waals surface area contributed by atoms with E-state index in [4.69, 9.17) is 0 Å². The van der Waals surface area contributed by atoms with Crippen LogP contribution in [0.1, 0.15) is 29.9 Å². The van der Waals surface area contributed by atoms with Crippen LogP contribution in [0.15, 0.2) is 54.7 Å². The van der Waals surface area contributed by atoms with Crippen LogP contribution in [0.25, 0.3) is 10.9 Å². The number of hydrogen-bond donors (Lipinski definition) is 2. The molecule has 1 aliphatic heterocycles. The van der Waals surface area contributed by atoms with Crippen LogP contribution < -0.4 is 0 Å². The second kappa shape index (κ2) is 6.09. The Morgan fingerprint density at radius 3 is 2.83 bits per heavy atom. The van der Waals surface area contributed by atoms with Crippen molar-refractivity contribution in [2.24, 2.45) is 0 Å². The standard InChI is InChI=1S/C20H22N2O/c23-20-10-4-1-6-16(20)14-22-11-5-7-15(13-22)18-12-21-19-9-3-2-8-17(18)19/h1-4,6,8-10,12,15,21,23H,5,7,11,13-14H2. The average Bonchev–Trinajstić information content (AvgIpc) is 3.01.